The summed E-state index contributed by atoms with van der Waals surface area (Å²) in [5.74, 6) is -1.31. The van der Waals surface area contributed by atoms with Gasteiger partial charge in [-0.2, -0.15) is 0 Å². The predicted molar refractivity (Wildman–Crippen MR) is 82.3 cm³/mol. The van der Waals surface area contributed by atoms with E-state index in [0.29, 0.717) is 6.54 Å². The number of nitrogens with one attached hydrogen (secondary N) is 1. The van der Waals surface area contributed by atoms with Crippen LogP contribution in [0.15, 0.2) is 30.3 Å². The normalized spacial score (nSPS) is 35.6. The molecule has 0 spiro atoms. The second-order valence-electron chi connectivity index (χ2n) is 6.81. The Kier molecular flexibility index (Phi) is 4.18. The van der Waals surface area contributed by atoms with Crippen molar-refractivity contribution in [3.8, 4) is 0 Å². The molecule has 23 heavy (non-hydrogen) atoms. The first-order valence-corrected chi connectivity index (χ1v) is 7.87. The number of amides is 1. The Morgan fingerprint density at radius 2 is 1.96 bits per heavy atom. The molecule has 1 aromatic rings. The first kappa shape index (κ1) is 16.4. The molecule has 4 atom stereocenters. The first-order chi connectivity index (χ1) is 10.8. The lowest BCUT2D eigenvalue weighted by Crippen LogP contribution is -2.58. The van der Waals surface area contributed by atoms with Crippen molar-refractivity contribution in [1.29, 1.82) is 0 Å². The molecule has 126 valence electrons. The molecule has 1 saturated carbocycles. The van der Waals surface area contributed by atoms with Crippen molar-refractivity contribution in [2.24, 2.45) is 0 Å². The fourth-order valence-corrected chi connectivity index (χ4v) is 3.35. The number of ether oxygens (including phenoxy) is 2. The van der Waals surface area contributed by atoms with Crippen LogP contribution in [0.4, 0.5) is 0 Å². The summed E-state index contributed by atoms with van der Waals surface area (Å²) < 4.78 is 11.4. The van der Waals surface area contributed by atoms with E-state index in [4.69, 9.17) is 9.47 Å². The average Bonchev–Trinajstić information content (AvgIpc) is 2.80. The van der Waals surface area contributed by atoms with Gasteiger partial charge in [-0.3, -0.25) is 4.79 Å². The van der Waals surface area contributed by atoms with Crippen LogP contribution in [0.25, 0.3) is 0 Å². The van der Waals surface area contributed by atoms with Gasteiger partial charge in [-0.25, -0.2) is 0 Å². The molecule has 6 heteroatoms. The smallest absolute Gasteiger partial charge is 0.252 e. The number of aliphatic hydroxyl groups excluding tert-OH is 1. The summed E-state index contributed by atoms with van der Waals surface area (Å²) in [6.45, 7) is 3.84. The number of carbonyl (C=O) groups is 1. The van der Waals surface area contributed by atoms with E-state index in [1.54, 1.807) is 13.8 Å². The third-order valence-electron chi connectivity index (χ3n) is 4.40. The van der Waals surface area contributed by atoms with Gasteiger partial charge < -0.3 is 25.0 Å². The van der Waals surface area contributed by atoms with E-state index >= 15 is 0 Å². The highest BCUT2D eigenvalue weighted by atomic mass is 16.8. The average molecular weight is 321 g/mol. The molecule has 0 unspecified atom stereocenters. The third-order valence-corrected chi connectivity index (χ3v) is 4.40. The molecular formula is C17H23NO5. The van der Waals surface area contributed by atoms with Crippen molar-refractivity contribution in [2.45, 2.75) is 62.9 Å². The van der Waals surface area contributed by atoms with Crippen LogP contribution in [0.2, 0.25) is 0 Å². The maximum absolute atomic E-state index is 12.4. The molecule has 2 fully saturated rings. The number of fused-ring (bicyclic) bond motifs is 1. The Bertz CT molecular complexity index is 576. The lowest BCUT2D eigenvalue weighted by molar-refractivity contribution is -0.158. The van der Waals surface area contributed by atoms with Crippen molar-refractivity contribution >= 4 is 5.91 Å². The molecule has 1 aliphatic heterocycles. The van der Waals surface area contributed by atoms with E-state index in [2.05, 4.69) is 5.32 Å². The van der Waals surface area contributed by atoms with Gasteiger partial charge in [-0.1, -0.05) is 30.3 Å². The lowest BCUT2D eigenvalue weighted by Gasteiger charge is -2.38. The Morgan fingerprint density at radius 3 is 2.65 bits per heavy atom. The Balaban J connectivity index is 1.66. The largest absolute Gasteiger partial charge is 0.390 e. The molecular weight excluding hydrogens is 298 g/mol. The summed E-state index contributed by atoms with van der Waals surface area (Å²) in [6.07, 6.45) is -1.90. The number of aliphatic hydroxyl groups is 2. The van der Waals surface area contributed by atoms with Crippen molar-refractivity contribution < 1.29 is 24.5 Å². The number of hydrogen-bond acceptors (Lipinski definition) is 5. The van der Waals surface area contributed by atoms with Crippen LogP contribution in [0.3, 0.4) is 0 Å². The fraction of sp³-hybridized carbons (Fsp3) is 0.588. The van der Waals surface area contributed by atoms with Gasteiger partial charge in [0.1, 0.15) is 11.7 Å². The highest BCUT2D eigenvalue weighted by Crippen LogP contribution is 2.40. The minimum absolute atomic E-state index is 0.0613. The van der Waals surface area contributed by atoms with Crippen molar-refractivity contribution in [2.75, 3.05) is 0 Å². The lowest BCUT2D eigenvalue weighted by atomic mass is 9.79. The van der Waals surface area contributed by atoms with E-state index in [-0.39, 0.29) is 12.8 Å². The van der Waals surface area contributed by atoms with E-state index in [1.807, 2.05) is 30.3 Å². The summed E-state index contributed by atoms with van der Waals surface area (Å²) in [5.41, 5.74) is -0.709. The molecule has 1 aliphatic carbocycles. The topological polar surface area (TPSA) is 88.0 Å². The first-order valence-electron chi connectivity index (χ1n) is 7.87. The Morgan fingerprint density at radius 1 is 1.26 bits per heavy atom. The Hall–Kier alpha value is -1.47. The van der Waals surface area contributed by atoms with Crippen LogP contribution in [0.1, 0.15) is 32.3 Å². The summed E-state index contributed by atoms with van der Waals surface area (Å²) >= 11 is 0. The quantitative estimate of drug-likeness (QED) is 0.763. The molecule has 3 N–H and O–H groups in total. The summed E-state index contributed by atoms with van der Waals surface area (Å²) in [7, 11) is 0. The molecule has 0 aromatic heterocycles. The van der Waals surface area contributed by atoms with Gasteiger partial charge in [0, 0.05) is 19.4 Å². The Labute approximate surface area is 135 Å². The summed E-state index contributed by atoms with van der Waals surface area (Å²) in [6, 6.07) is 9.46. The van der Waals surface area contributed by atoms with Crippen LogP contribution in [0.5, 0.6) is 0 Å². The maximum atomic E-state index is 12.4. The molecule has 1 amide bonds. The van der Waals surface area contributed by atoms with Crippen LogP contribution in [-0.4, -0.2) is 45.8 Å². The zero-order chi connectivity index (χ0) is 16.7. The highest BCUT2D eigenvalue weighted by molar-refractivity contribution is 5.85. The van der Waals surface area contributed by atoms with Gasteiger partial charge in [0.2, 0.25) is 0 Å². The van der Waals surface area contributed by atoms with Crippen molar-refractivity contribution in [3.63, 3.8) is 0 Å². The van der Waals surface area contributed by atoms with Crippen molar-refractivity contribution in [1.82, 2.24) is 5.32 Å². The van der Waals surface area contributed by atoms with Crippen LogP contribution < -0.4 is 5.32 Å². The van der Waals surface area contributed by atoms with E-state index < -0.39 is 35.6 Å². The van der Waals surface area contributed by atoms with E-state index in [9.17, 15) is 15.0 Å². The maximum Gasteiger partial charge on any atom is 0.252 e. The van der Waals surface area contributed by atoms with Gasteiger partial charge in [0.15, 0.2) is 5.79 Å². The minimum Gasteiger partial charge on any atom is -0.390 e. The molecule has 1 saturated heterocycles. The molecule has 1 aromatic carbocycles. The molecule has 1 heterocycles. The van der Waals surface area contributed by atoms with Gasteiger partial charge in [0.05, 0.1) is 12.2 Å². The van der Waals surface area contributed by atoms with Gasteiger partial charge in [-0.15, -0.1) is 0 Å². The molecule has 0 bridgehead atoms. The van der Waals surface area contributed by atoms with Crippen LogP contribution >= 0.6 is 0 Å². The standard InChI is InChI=1S/C17H23NO5/c1-16(2)22-13-9-17(21,8-12(19)14(13)23-16)15(20)18-10-11-6-4-3-5-7-11/h3-7,12-14,19,21H,8-10H2,1-2H3,(H,18,20)/t12-,13-,14+,17-/m1/s1. The van der Waals surface area contributed by atoms with Gasteiger partial charge >= 0.3 is 0 Å². The van der Waals surface area contributed by atoms with E-state index in [0.717, 1.165) is 5.56 Å². The van der Waals surface area contributed by atoms with Gasteiger partial charge in [-0.05, 0) is 19.4 Å². The monoisotopic (exact) mass is 321 g/mol. The molecule has 3 rings (SSSR count). The zero-order valence-corrected chi connectivity index (χ0v) is 13.4. The number of rotatable bonds is 3. The second-order valence-corrected chi connectivity index (χ2v) is 6.81. The van der Waals surface area contributed by atoms with Gasteiger partial charge in [0.25, 0.3) is 5.91 Å². The fourth-order valence-electron chi connectivity index (χ4n) is 3.35. The summed E-state index contributed by atoms with van der Waals surface area (Å²) in [4.78, 5) is 12.4. The minimum atomic E-state index is -1.65. The molecule has 2 aliphatic rings. The number of benzene rings is 1. The third kappa shape index (κ3) is 3.40. The zero-order valence-electron chi connectivity index (χ0n) is 13.4. The van der Waals surface area contributed by atoms with Crippen molar-refractivity contribution in [3.05, 3.63) is 35.9 Å². The van der Waals surface area contributed by atoms with Crippen LogP contribution in [-0.2, 0) is 20.8 Å². The predicted octanol–water partition coefficient (Wildman–Crippen LogP) is 0.709. The highest BCUT2D eigenvalue weighted by Gasteiger charge is 2.55. The summed E-state index contributed by atoms with van der Waals surface area (Å²) in [5, 5.41) is 23.7. The molecule has 6 nitrogen and oxygen atoms in total. The molecule has 0 radical (unpaired) electrons. The van der Waals surface area contributed by atoms with Crippen LogP contribution in [0, 0.1) is 0 Å². The number of hydrogen-bond donors (Lipinski definition) is 3. The van der Waals surface area contributed by atoms with E-state index in [1.165, 1.54) is 0 Å². The SMILES string of the molecule is CC1(C)O[C@H]2[C@H](O)C[C@](O)(C(=O)NCc3ccccc3)C[C@H]2O1. The second kappa shape index (κ2) is 5.87. The number of carbonyl (C=O) groups excluding carboxylic acids is 1.